The van der Waals surface area contributed by atoms with Gasteiger partial charge in [0, 0.05) is 4.47 Å². The van der Waals surface area contributed by atoms with Crippen LogP contribution in [0.15, 0.2) is 108 Å². The topological polar surface area (TPSA) is 0 Å². The van der Waals surface area contributed by atoms with Crippen molar-refractivity contribution in [3.05, 3.63) is 130 Å². The SMILES string of the molecule is Brc1ccc2c(c1)-c1ccccc1C21c2ccccc2-c2c1ccc1ccccc21. The van der Waals surface area contributed by atoms with E-state index in [1.54, 1.807) is 0 Å². The Labute approximate surface area is 184 Å². The molecule has 0 radical (unpaired) electrons. The molecule has 7 rings (SSSR count). The van der Waals surface area contributed by atoms with E-state index in [4.69, 9.17) is 0 Å². The fourth-order valence-corrected chi connectivity index (χ4v) is 6.25. The third-order valence-corrected chi connectivity index (χ3v) is 7.43. The van der Waals surface area contributed by atoms with E-state index in [1.165, 1.54) is 55.3 Å². The minimum atomic E-state index is -0.261. The molecule has 0 aromatic heterocycles. The minimum absolute atomic E-state index is 0.261. The molecule has 0 saturated heterocycles. The van der Waals surface area contributed by atoms with Crippen LogP contribution in [-0.2, 0) is 5.41 Å². The van der Waals surface area contributed by atoms with Crippen molar-refractivity contribution in [2.45, 2.75) is 5.41 Å². The van der Waals surface area contributed by atoms with Crippen molar-refractivity contribution in [1.82, 2.24) is 0 Å². The third kappa shape index (κ3) is 1.83. The van der Waals surface area contributed by atoms with Crippen molar-refractivity contribution in [3.63, 3.8) is 0 Å². The van der Waals surface area contributed by atoms with E-state index >= 15 is 0 Å². The summed E-state index contributed by atoms with van der Waals surface area (Å²) in [6.45, 7) is 0. The highest BCUT2D eigenvalue weighted by Crippen LogP contribution is 2.63. The van der Waals surface area contributed by atoms with Crippen molar-refractivity contribution in [1.29, 1.82) is 0 Å². The van der Waals surface area contributed by atoms with Crippen LogP contribution in [0.4, 0.5) is 0 Å². The average molecular weight is 445 g/mol. The molecule has 1 heteroatoms. The highest BCUT2D eigenvalue weighted by atomic mass is 79.9. The molecule has 0 fully saturated rings. The van der Waals surface area contributed by atoms with Crippen LogP contribution in [0.3, 0.4) is 0 Å². The Morgan fingerprint density at radius 1 is 0.500 bits per heavy atom. The lowest BCUT2D eigenvalue weighted by Gasteiger charge is -2.30. The molecule has 0 nitrogen and oxygen atoms in total. The summed E-state index contributed by atoms with van der Waals surface area (Å²) in [4.78, 5) is 0. The number of rotatable bonds is 0. The van der Waals surface area contributed by atoms with Gasteiger partial charge in [0.15, 0.2) is 0 Å². The first kappa shape index (κ1) is 16.6. The van der Waals surface area contributed by atoms with Crippen LogP contribution in [-0.4, -0.2) is 0 Å². The summed E-state index contributed by atoms with van der Waals surface area (Å²) in [7, 11) is 0. The second-order valence-electron chi connectivity index (χ2n) is 8.24. The predicted octanol–water partition coefficient (Wildman–Crippen LogP) is 7.95. The second-order valence-corrected chi connectivity index (χ2v) is 9.16. The standard InChI is InChI=1S/C29H17Br/c30-19-14-16-26-23(17-19)21-9-3-5-11-24(21)29(26)25-12-6-4-10-22(25)28-20-8-2-1-7-18(20)13-15-27(28)29/h1-17H. The Kier molecular flexibility index (Phi) is 3.16. The Morgan fingerprint density at radius 3 is 2.00 bits per heavy atom. The monoisotopic (exact) mass is 444 g/mol. The fourth-order valence-electron chi connectivity index (χ4n) is 5.88. The third-order valence-electron chi connectivity index (χ3n) is 6.94. The zero-order valence-electron chi connectivity index (χ0n) is 16.2. The van der Waals surface area contributed by atoms with E-state index in [2.05, 4.69) is 119 Å². The van der Waals surface area contributed by atoms with Gasteiger partial charge in [-0.3, -0.25) is 0 Å². The van der Waals surface area contributed by atoms with Crippen LogP contribution in [0.1, 0.15) is 22.3 Å². The Bertz CT molecular complexity index is 1510. The minimum Gasteiger partial charge on any atom is -0.0619 e. The van der Waals surface area contributed by atoms with Crippen LogP contribution in [0.5, 0.6) is 0 Å². The van der Waals surface area contributed by atoms with Crippen molar-refractivity contribution in [2.75, 3.05) is 0 Å². The first-order chi connectivity index (χ1) is 14.8. The molecule has 2 aliphatic rings. The molecule has 140 valence electrons. The van der Waals surface area contributed by atoms with E-state index in [0.29, 0.717) is 0 Å². The highest BCUT2D eigenvalue weighted by Gasteiger charge is 2.51. The number of hydrogen-bond acceptors (Lipinski definition) is 0. The fraction of sp³-hybridized carbons (Fsp3) is 0.0345. The molecule has 30 heavy (non-hydrogen) atoms. The quantitative estimate of drug-likeness (QED) is 0.222. The molecule has 0 amide bonds. The van der Waals surface area contributed by atoms with E-state index in [-0.39, 0.29) is 5.41 Å². The normalized spacial score (nSPS) is 17.6. The van der Waals surface area contributed by atoms with Crippen LogP contribution in [0.25, 0.3) is 33.0 Å². The largest absolute Gasteiger partial charge is 0.0725 e. The van der Waals surface area contributed by atoms with Crippen LogP contribution in [0.2, 0.25) is 0 Å². The Morgan fingerprint density at radius 2 is 1.13 bits per heavy atom. The highest BCUT2D eigenvalue weighted by molar-refractivity contribution is 9.10. The molecule has 1 atom stereocenters. The van der Waals surface area contributed by atoms with Crippen LogP contribution >= 0.6 is 15.9 Å². The molecule has 0 heterocycles. The molecule has 0 N–H and O–H groups in total. The zero-order chi connectivity index (χ0) is 19.9. The lowest BCUT2D eigenvalue weighted by molar-refractivity contribution is 0.794. The average Bonchev–Trinajstić information content (AvgIpc) is 3.26. The van der Waals surface area contributed by atoms with Gasteiger partial charge in [0.25, 0.3) is 0 Å². The van der Waals surface area contributed by atoms with Gasteiger partial charge >= 0.3 is 0 Å². The van der Waals surface area contributed by atoms with E-state index in [0.717, 1.165) is 4.47 Å². The summed E-state index contributed by atoms with van der Waals surface area (Å²) in [6.07, 6.45) is 0. The summed E-state index contributed by atoms with van der Waals surface area (Å²) >= 11 is 3.71. The lowest BCUT2D eigenvalue weighted by Crippen LogP contribution is -2.25. The molecule has 5 aromatic carbocycles. The summed E-state index contributed by atoms with van der Waals surface area (Å²) in [5, 5.41) is 2.63. The summed E-state index contributed by atoms with van der Waals surface area (Å²) < 4.78 is 1.12. The van der Waals surface area contributed by atoms with Gasteiger partial charge in [-0.05, 0) is 67.4 Å². The van der Waals surface area contributed by atoms with Crippen LogP contribution in [0, 0.1) is 0 Å². The summed E-state index contributed by atoms with van der Waals surface area (Å²) in [6, 6.07) is 38.2. The van der Waals surface area contributed by atoms with Crippen molar-refractivity contribution >= 4 is 26.7 Å². The second kappa shape index (κ2) is 5.71. The molecular formula is C29H17Br. The van der Waals surface area contributed by atoms with Gasteiger partial charge in [-0.15, -0.1) is 0 Å². The van der Waals surface area contributed by atoms with E-state index < -0.39 is 0 Å². The van der Waals surface area contributed by atoms with Crippen LogP contribution < -0.4 is 0 Å². The Hall–Kier alpha value is -3.16. The number of halogens is 1. The number of benzene rings is 5. The van der Waals surface area contributed by atoms with Crippen molar-refractivity contribution in [3.8, 4) is 22.3 Å². The molecule has 0 bridgehead atoms. The van der Waals surface area contributed by atoms with Gasteiger partial charge < -0.3 is 0 Å². The smallest absolute Gasteiger partial charge is 0.0619 e. The summed E-state index contributed by atoms with van der Waals surface area (Å²) in [5.41, 5.74) is 10.7. The van der Waals surface area contributed by atoms with Crippen molar-refractivity contribution in [2.24, 2.45) is 0 Å². The number of hydrogen-bond donors (Lipinski definition) is 0. The maximum Gasteiger partial charge on any atom is 0.0725 e. The molecule has 2 aliphatic carbocycles. The van der Waals surface area contributed by atoms with E-state index in [1.807, 2.05) is 0 Å². The van der Waals surface area contributed by atoms with Gasteiger partial charge in [0.2, 0.25) is 0 Å². The Balaban J connectivity index is 1.74. The van der Waals surface area contributed by atoms with Gasteiger partial charge in [-0.25, -0.2) is 0 Å². The molecular weight excluding hydrogens is 428 g/mol. The van der Waals surface area contributed by atoms with E-state index in [9.17, 15) is 0 Å². The first-order valence-corrected chi connectivity index (χ1v) is 11.1. The summed E-state index contributed by atoms with van der Waals surface area (Å²) in [5.74, 6) is 0. The van der Waals surface area contributed by atoms with Gasteiger partial charge in [0.1, 0.15) is 0 Å². The molecule has 0 saturated carbocycles. The molecule has 0 aliphatic heterocycles. The first-order valence-electron chi connectivity index (χ1n) is 10.3. The zero-order valence-corrected chi connectivity index (χ0v) is 17.8. The number of fused-ring (bicyclic) bond motifs is 12. The molecule has 5 aromatic rings. The maximum atomic E-state index is 3.71. The van der Waals surface area contributed by atoms with Gasteiger partial charge in [-0.2, -0.15) is 0 Å². The van der Waals surface area contributed by atoms with Gasteiger partial charge in [-0.1, -0.05) is 107 Å². The molecule has 1 unspecified atom stereocenters. The van der Waals surface area contributed by atoms with Crippen molar-refractivity contribution < 1.29 is 0 Å². The lowest BCUT2D eigenvalue weighted by atomic mass is 9.70. The maximum absolute atomic E-state index is 3.71. The van der Waals surface area contributed by atoms with Gasteiger partial charge in [0.05, 0.1) is 5.41 Å². The molecule has 1 spiro atoms. The predicted molar refractivity (Wildman–Crippen MR) is 128 cm³/mol.